The Bertz CT molecular complexity index is 1410. The van der Waals surface area contributed by atoms with Crippen LogP contribution in [0.4, 0.5) is 5.69 Å². The number of nitrogens with zero attached hydrogens (tertiary/aromatic N) is 2. The maximum atomic E-state index is 14.1. The third kappa shape index (κ3) is 7.67. The number of thioether (sulfide) groups is 1. The van der Waals surface area contributed by atoms with Gasteiger partial charge in [-0.15, -0.1) is 11.8 Å². The zero-order valence-corrected chi connectivity index (χ0v) is 25.7. The summed E-state index contributed by atoms with van der Waals surface area (Å²) >= 11 is 1.52. The topological polar surface area (TPSA) is 86.8 Å². The van der Waals surface area contributed by atoms with Crippen molar-refractivity contribution < 1.29 is 18.0 Å². The van der Waals surface area contributed by atoms with E-state index in [0.717, 1.165) is 25.9 Å². The summed E-state index contributed by atoms with van der Waals surface area (Å²) in [6.45, 7) is 9.18. The molecule has 0 aliphatic heterocycles. The van der Waals surface area contributed by atoms with Crippen molar-refractivity contribution in [3.8, 4) is 0 Å². The summed E-state index contributed by atoms with van der Waals surface area (Å²) in [6, 6.07) is 20.5. The van der Waals surface area contributed by atoms with Crippen LogP contribution in [0.5, 0.6) is 0 Å². The van der Waals surface area contributed by atoms with E-state index in [9.17, 15) is 18.0 Å². The van der Waals surface area contributed by atoms with Crippen molar-refractivity contribution in [2.24, 2.45) is 0 Å². The number of hydrogen-bond acceptors (Lipinski definition) is 5. The van der Waals surface area contributed by atoms with Crippen LogP contribution in [-0.2, 0) is 26.2 Å². The van der Waals surface area contributed by atoms with Gasteiger partial charge in [-0.05, 0) is 87.9 Å². The van der Waals surface area contributed by atoms with E-state index in [1.165, 1.54) is 16.7 Å². The number of nitrogens with one attached hydrogen (secondary N) is 1. The Morgan fingerprint density at radius 1 is 0.925 bits per heavy atom. The molecule has 3 aromatic rings. The molecule has 0 saturated heterocycles. The summed E-state index contributed by atoms with van der Waals surface area (Å²) in [4.78, 5) is 29.9. The van der Waals surface area contributed by atoms with Gasteiger partial charge in [0.05, 0.1) is 10.6 Å². The summed E-state index contributed by atoms with van der Waals surface area (Å²) in [7, 11) is -4.10. The van der Waals surface area contributed by atoms with Crippen LogP contribution in [0.15, 0.2) is 82.6 Å². The molecular weight excluding hydrogens is 542 g/mol. The Balaban J connectivity index is 2.07. The number of aryl methyl sites for hydroxylation is 2. The smallest absolute Gasteiger partial charge is 0.264 e. The molecule has 1 N–H and O–H groups in total. The number of carbonyl (C=O) groups excluding carboxylic acids is 2. The number of anilines is 1. The second-order valence-electron chi connectivity index (χ2n) is 10.1. The molecule has 214 valence electrons. The molecule has 40 heavy (non-hydrogen) atoms. The van der Waals surface area contributed by atoms with Gasteiger partial charge >= 0.3 is 0 Å². The molecule has 3 rings (SSSR count). The molecule has 0 aliphatic rings. The number of carbonyl (C=O) groups is 2. The van der Waals surface area contributed by atoms with Crippen molar-refractivity contribution >= 4 is 39.3 Å². The van der Waals surface area contributed by atoms with E-state index in [1.807, 2.05) is 77.3 Å². The molecule has 9 heteroatoms. The first-order valence-corrected chi connectivity index (χ1v) is 16.0. The fourth-order valence-electron chi connectivity index (χ4n) is 4.39. The lowest BCUT2D eigenvalue weighted by Crippen LogP contribution is -2.53. The average molecular weight is 582 g/mol. The normalized spacial score (nSPS) is 12.2. The van der Waals surface area contributed by atoms with E-state index < -0.39 is 28.5 Å². The minimum absolute atomic E-state index is 0.0914. The lowest BCUT2D eigenvalue weighted by molar-refractivity contribution is -0.140. The molecule has 7 nitrogen and oxygen atoms in total. The Morgan fingerprint density at radius 3 is 2.10 bits per heavy atom. The Hall–Kier alpha value is -3.30. The van der Waals surface area contributed by atoms with Crippen molar-refractivity contribution in [1.82, 2.24) is 10.2 Å². The first-order chi connectivity index (χ1) is 19.0. The average Bonchev–Trinajstić information content (AvgIpc) is 2.92. The van der Waals surface area contributed by atoms with Crippen LogP contribution in [0.25, 0.3) is 0 Å². The first-order valence-electron chi connectivity index (χ1n) is 13.4. The highest BCUT2D eigenvalue weighted by Crippen LogP contribution is 2.27. The van der Waals surface area contributed by atoms with E-state index in [-0.39, 0.29) is 23.4 Å². The summed E-state index contributed by atoms with van der Waals surface area (Å²) < 4.78 is 29.1. The summed E-state index contributed by atoms with van der Waals surface area (Å²) in [5, 5.41) is 2.92. The van der Waals surface area contributed by atoms with Crippen molar-refractivity contribution in [2.75, 3.05) is 17.1 Å². The molecule has 0 radical (unpaired) electrons. The fourth-order valence-corrected chi connectivity index (χ4v) is 6.21. The molecule has 0 aromatic heterocycles. The molecule has 2 amide bonds. The summed E-state index contributed by atoms with van der Waals surface area (Å²) in [5.74, 6) is -0.726. The maximum absolute atomic E-state index is 14.1. The first kappa shape index (κ1) is 31.2. The molecule has 0 fully saturated rings. The van der Waals surface area contributed by atoms with Gasteiger partial charge in [-0.3, -0.25) is 13.9 Å². The Kier molecular flexibility index (Phi) is 10.8. The quantitative estimate of drug-likeness (QED) is 0.283. The van der Waals surface area contributed by atoms with Crippen molar-refractivity contribution in [2.45, 2.75) is 69.5 Å². The van der Waals surface area contributed by atoms with Gasteiger partial charge in [0.25, 0.3) is 10.0 Å². The van der Waals surface area contributed by atoms with Crippen LogP contribution >= 0.6 is 11.8 Å². The van der Waals surface area contributed by atoms with Gasteiger partial charge in [0, 0.05) is 17.5 Å². The molecular formula is C31H39N3O4S2. The van der Waals surface area contributed by atoms with Crippen LogP contribution in [0.2, 0.25) is 0 Å². The van der Waals surface area contributed by atoms with Crippen LogP contribution in [0.3, 0.4) is 0 Å². The number of benzene rings is 3. The zero-order chi connectivity index (χ0) is 29.4. The van der Waals surface area contributed by atoms with Crippen molar-refractivity contribution in [3.05, 3.63) is 89.5 Å². The predicted octanol–water partition coefficient (Wildman–Crippen LogP) is 5.55. The van der Waals surface area contributed by atoms with Crippen LogP contribution in [-0.4, -0.2) is 50.0 Å². The van der Waals surface area contributed by atoms with Gasteiger partial charge in [0.15, 0.2) is 0 Å². The monoisotopic (exact) mass is 581 g/mol. The zero-order valence-electron chi connectivity index (χ0n) is 24.0. The minimum atomic E-state index is -4.10. The molecule has 1 atom stereocenters. The molecule has 0 aliphatic carbocycles. The Morgan fingerprint density at radius 2 is 1.55 bits per heavy atom. The summed E-state index contributed by atoms with van der Waals surface area (Å²) in [6.07, 6.45) is 2.30. The van der Waals surface area contributed by atoms with E-state index in [2.05, 4.69) is 5.32 Å². The maximum Gasteiger partial charge on any atom is 0.264 e. The number of rotatable bonds is 12. The van der Waals surface area contributed by atoms with Gasteiger partial charge in [0.2, 0.25) is 11.8 Å². The summed E-state index contributed by atoms with van der Waals surface area (Å²) in [5.41, 5.74) is 3.22. The number of amides is 2. The van der Waals surface area contributed by atoms with E-state index >= 15 is 0 Å². The molecule has 0 bridgehead atoms. The largest absolute Gasteiger partial charge is 0.352 e. The number of sulfonamides is 1. The van der Waals surface area contributed by atoms with Crippen LogP contribution in [0, 0.1) is 13.8 Å². The predicted molar refractivity (Wildman–Crippen MR) is 163 cm³/mol. The lowest BCUT2D eigenvalue weighted by atomic mass is 10.1. The van der Waals surface area contributed by atoms with Crippen LogP contribution in [0.1, 0.15) is 43.9 Å². The van der Waals surface area contributed by atoms with E-state index in [1.54, 1.807) is 36.4 Å². The highest BCUT2D eigenvalue weighted by Gasteiger charge is 2.34. The third-order valence-electron chi connectivity index (χ3n) is 6.67. The minimum Gasteiger partial charge on any atom is -0.352 e. The molecule has 3 aromatic carbocycles. The highest BCUT2D eigenvalue weighted by atomic mass is 32.2. The molecule has 0 unspecified atom stereocenters. The highest BCUT2D eigenvalue weighted by molar-refractivity contribution is 7.98. The van der Waals surface area contributed by atoms with Gasteiger partial charge in [-0.25, -0.2) is 8.42 Å². The van der Waals surface area contributed by atoms with Crippen molar-refractivity contribution in [1.29, 1.82) is 0 Å². The second-order valence-corrected chi connectivity index (χ2v) is 12.8. The third-order valence-corrected chi connectivity index (χ3v) is 9.20. The SMILES string of the molecule is CC[C@H](C(=O)NC(C)C)N(Cc1ccccc1C)C(=O)CN(c1ccc(C)cc1)S(=O)(=O)c1ccc(SC)cc1. The van der Waals surface area contributed by atoms with Gasteiger partial charge in [-0.2, -0.15) is 0 Å². The molecule has 0 saturated carbocycles. The number of hydrogen-bond donors (Lipinski definition) is 1. The van der Waals surface area contributed by atoms with Gasteiger partial charge in [-0.1, -0.05) is 48.9 Å². The Labute approximate surface area is 243 Å². The van der Waals surface area contributed by atoms with E-state index in [0.29, 0.717) is 12.1 Å². The van der Waals surface area contributed by atoms with Gasteiger partial charge < -0.3 is 10.2 Å². The van der Waals surface area contributed by atoms with Gasteiger partial charge in [0.1, 0.15) is 12.6 Å². The van der Waals surface area contributed by atoms with E-state index in [4.69, 9.17) is 0 Å². The lowest BCUT2D eigenvalue weighted by Gasteiger charge is -2.34. The second kappa shape index (κ2) is 13.9. The standard InChI is InChI=1S/C31H39N3O4S2/c1-7-29(31(36)32-22(2)3)33(20-25-11-9-8-10-24(25)5)30(35)21-34(26-14-12-23(4)13-15-26)40(37,38)28-18-16-27(39-6)17-19-28/h8-19,22,29H,7,20-21H2,1-6H3,(H,32,36)/t29-/m1/s1. The molecule has 0 spiro atoms. The fraction of sp³-hybridized carbons (Fsp3) is 0.355. The van der Waals surface area contributed by atoms with Crippen molar-refractivity contribution in [3.63, 3.8) is 0 Å². The molecule has 0 heterocycles. The van der Waals surface area contributed by atoms with Crippen LogP contribution < -0.4 is 9.62 Å².